The van der Waals surface area contributed by atoms with Crippen LogP contribution in [0.1, 0.15) is 30.8 Å². The number of benzene rings is 1. The number of hydrogen-bond acceptors (Lipinski definition) is 4. The van der Waals surface area contributed by atoms with Crippen LogP contribution in [-0.4, -0.2) is 34.5 Å². The first kappa shape index (κ1) is 19.7. The number of hydrogen-bond donors (Lipinski definition) is 2. The van der Waals surface area contributed by atoms with Gasteiger partial charge in [-0.1, -0.05) is 6.07 Å². The molecule has 1 atom stereocenters. The van der Waals surface area contributed by atoms with Gasteiger partial charge in [0.15, 0.2) is 5.82 Å². The number of methoxy groups -OCH3 is 1. The monoisotopic (exact) mass is 371 g/mol. The van der Waals surface area contributed by atoms with Gasteiger partial charge in [-0.25, -0.2) is 4.79 Å². The number of alkyl halides is 3. The number of halogens is 3. The second-order valence-corrected chi connectivity index (χ2v) is 5.63. The van der Waals surface area contributed by atoms with E-state index in [0.29, 0.717) is 19.0 Å². The Balaban J connectivity index is 1.97. The van der Waals surface area contributed by atoms with Crippen LogP contribution < -0.4 is 10.6 Å². The summed E-state index contributed by atoms with van der Waals surface area (Å²) in [6.45, 7) is 2.91. The Labute approximate surface area is 148 Å². The fourth-order valence-corrected chi connectivity index (χ4v) is 2.35. The fourth-order valence-electron chi connectivity index (χ4n) is 2.35. The maximum Gasteiger partial charge on any atom is 0.416 e. The highest BCUT2D eigenvalue weighted by atomic mass is 19.4. The maximum absolute atomic E-state index is 12.7. The van der Waals surface area contributed by atoms with Crippen LogP contribution in [0.25, 0.3) is 0 Å². The first-order valence-electron chi connectivity index (χ1n) is 7.92. The standard InChI is InChI=1S/C16H20F3N5O2/c1-11(14-23-20-10-24(14)7-4-8-26-2)21-15(25)22-13-6-3-5-12(9-13)16(17,18)19/h3,5-6,9-11H,4,7-8H2,1-2H3,(H2,21,22,25). The minimum Gasteiger partial charge on any atom is -0.385 e. The molecular weight excluding hydrogens is 351 g/mol. The predicted octanol–water partition coefficient (Wildman–Crippen LogP) is 3.22. The number of rotatable bonds is 7. The number of aromatic nitrogens is 3. The lowest BCUT2D eigenvalue weighted by atomic mass is 10.2. The molecule has 2 N–H and O–H groups in total. The van der Waals surface area contributed by atoms with Gasteiger partial charge in [0.1, 0.15) is 6.33 Å². The lowest BCUT2D eigenvalue weighted by molar-refractivity contribution is -0.137. The highest BCUT2D eigenvalue weighted by Crippen LogP contribution is 2.30. The van der Waals surface area contributed by atoms with Crippen LogP contribution in [0.4, 0.5) is 23.7 Å². The van der Waals surface area contributed by atoms with Crippen LogP contribution in [0.15, 0.2) is 30.6 Å². The molecule has 26 heavy (non-hydrogen) atoms. The lowest BCUT2D eigenvalue weighted by Crippen LogP contribution is -2.32. The molecule has 2 aromatic rings. The summed E-state index contributed by atoms with van der Waals surface area (Å²) in [7, 11) is 1.61. The molecule has 0 aliphatic heterocycles. The quantitative estimate of drug-likeness (QED) is 0.733. The number of anilines is 1. The van der Waals surface area contributed by atoms with Crippen LogP contribution in [-0.2, 0) is 17.5 Å². The molecule has 0 spiro atoms. The molecule has 1 unspecified atom stereocenters. The smallest absolute Gasteiger partial charge is 0.385 e. The molecule has 142 valence electrons. The number of nitrogens with one attached hydrogen (secondary N) is 2. The summed E-state index contributed by atoms with van der Waals surface area (Å²) in [6, 6.07) is 3.31. The Morgan fingerprint density at radius 1 is 1.38 bits per heavy atom. The molecule has 1 heterocycles. The third-order valence-corrected chi connectivity index (χ3v) is 3.58. The predicted molar refractivity (Wildman–Crippen MR) is 88.5 cm³/mol. The number of amides is 2. The highest BCUT2D eigenvalue weighted by Gasteiger charge is 2.30. The second-order valence-electron chi connectivity index (χ2n) is 5.63. The van der Waals surface area contributed by atoms with E-state index >= 15 is 0 Å². The van der Waals surface area contributed by atoms with Crippen molar-refractivity contribution in [3.63, 3.8) is 0 Å². The number of aryl methyl sites for hydroxylation is 1. The molecule has 2 amide bonds. The van der Waals surface area contributed by atoms with Crippen LogP contribution in [0.5, 0.6) is 0 Å². The van der Waals surface area contributed by atoms with Gasteiger partial charge >= 0.3 is 12.2 Å². The summed E-state index contributed by atoms with van der Waals surface area (Å²) in [6.07, 6.45) is -2.17. The number of carbonyl (C=O) groups is 1. The summed E-state index contributed by atoms with van der Waals surface area (Å²) < 4.78 is 44.9. The van der Waals surface area contributed by atoms with Gasteiger partial charge in [-0.3, -0.25) is 0 Å². The lowest BCUT2D eigenvalue weighted by Gasteiger charge is -2.16. The van der Waals surface area contributed by atoms with Crippen molar-refractivity contribution < 1.29 is 22.7 Å². The Kier molecular flexibility index (Phi) is 6.56. The van der Waals surface area contributed by atoms with Crippen LogP contribution in [0.3, 0.4) is 0 Å². The van der Waals surface area contributed by atoms with Gasteiger partial charge in [0, 0.05) is 25.9 Å². The SMILES string of the molecule is COCCCn1cnnc1C(C)NC(=O)Nc1cccc(C(F)(F)F)c1. The van der Waals surface area contributed by atoms with Crippen LogP contribution in [0, 0.1) is 0 Å². The van der Waals surface area contributed by atoms with Gasteiger partial charge in [0.2, 0.25) is 0 Å². The van der Waals surface area contributed by atoms with E-state index in [2.05, 4.69) is 20.8 Å². The van der Waals surface area contributed by atoms with Crippen LogP contribution in [0.2, 0.25) is 0 Å². The summed E-state index contributed by atoms with van der Waals surface area (Å²) in [5.41, 5.74) is -0.785. The van der Waals surface area contributed by atoms with Crippen molar-refractivity contribution in [1.29, 1.82) is 0 Å². The summed E-state index contributed by atoms with van der Waals surface area (Å²) in [4.78, 5) is 12.1. The van der Waals surface area contributed by atoms with Crippen molar-refractivity contribution in [3.8, 4) is 0 Å². The zero-order valence-corrected chi connectivity index (χ0v) is 14.4. The zero-order valence-electron chi connectivity index (χ0n) is 14.4. The molecule has 0 saturated heterocycles. The first-order chi connectivity index (χ1) is 12.3. The minimum atomic E-state index is -4.47. The van der Waals surface area contributed by atoms with Gasteiger partial charge in [-0.05, 0) is 31.5 Å². The van der Waals surface area contributed by atoms with E-state index in [4.69, 9.17) is 4.74 Å². The van der Waals surface area contributed by atoms with E-state index in [0.717, 1.165) is 18.6 Å². The normalized spacial score (nSPS) is 12.7. The Hall–Kier alpha value is -2.62. The second kappa shape index (κ2) is 8.65. The van der Waals surface area contributed by atoms with Crippen molar-refractivity contribution in [2.45, 2.75) is 32.1 Å². The molecule has 1 aromatic carbocycles. The molecule has 0 radical (unpaired) electrons. The van der Waals surface area contributed by atoms with Crippen molar-refractivity contribution >= 4 is 11.7 Å². The van der Waals surface area contributed by atoms with Gasteiger partial charge in [-0.15, -0.1) is 10.2 Å². The molecule has 2 rings (SSSR count). The molecular formula is C16H20F3N5O2. The van der Waals surface area contributed by atoms with Gasteiger partial charge in [0.25, 0.3) is 0 Å². The number of ether oxygens (including phenoxy) is 1. The highest BCUT2D eigenvalue weighted by molar-refractivity contribution is 5.89. The number of urea groups is 1. The largest absolute Gasteiger partial charge is 0.416 e. The molecule has 0 aliphatic rings. The van der Waals surface area contributed by atoms with E-state index in [1.54, 1.807) is 24.9 Å². The van der Waals surface area contributed by atoms with Crippen molar-refractivity contribution in [1.82, 2.24) is 20.1 Å². The Bertz CT molecular complexity index is 733. The number of nitrogens with zero attached hydrogens (tertiary/aromatic N) is 3. The summed E-state index contributed by atoms with van der Waals surface area (Å²) in [5, 5.41) is 12.8. The molecule has 0 aliphatic carbocycles. The van der Waals surface area contributed by atoms with Crippen molar-refractivity contribution in [2.24, 2.45) is 0 Å². The van der Waals surface area contributed by atoms with E-state index < -0.39 is 23.8 Å². The van der Waals surface area contributed by atoms with Gasteiger partial charge in [0.05, 0.1) is 11.6 Å². The van der Waals surface area contributed by atoms with E-state index in [9.17, 15) is 18.0 Å². The Morgan fingerprint density at radius 3 is 2.85 bits per heavy atom. The third-order valence-electron chi connectivity index (χ3n) is 3.58. The molecule has 10 heteroatoms. The van der Waals surface area contributed by atoms with E-state index in [1.807, 2.05) is 0 Å². The average Bonchev–Trinajstić information content (AvgIpc) is 3.03. The maximum atomic E-state index is 12.7. The van der Waals surface area contributed by atoms with E-state index in [-0.39, 0.29) is 5.69 Å². The van der Waals surface area contributed by atoms with Crippen molar-refractivity contribution in [3.05, 3.63) is 42.0 Å². The van der Waals surface area contributed by atoms with Crippen LogP contribution >= 0.6 is 0 Å². The van der Waals surface area contributed by atoms with Gasteiger partial charge in [-0.2, -0.15) is 13.2 Å². The third kappa shape index (κ3) is 5.45. The van der Waals surface area contributed by atoms with Gasteiger partial charge < -0.3 is 19.9 Å². The molecule has 7 nitrogen and oxygen atoms in total. The average molecular weight is 371 g/mol. The topological polar surface area (TPSA) is 81.1 Å². The molecule has 0 fully saturated rings. The van der Waals surface area contributed by atoms with Crippen molar-refractivity contribution in [2.75, 3.05) is 19.0 Å². The molecule has 1 aromatic heterocycles. The Morgan fingerprint density at radius 2 is 2.15 bits per heavy atom. The minimum absolute atomic E-state index is 0.0473. The van der Waals surface area contributed by atoms with E-state index in [1.165, 1.54) is 12.1 Å². The first-order valence-corrected chi connectivity index (χ1v) is 7.92. The summed E-state index contributed by atoms with van der Waals surface area (Å²) >= 11 is 0. The molecule has 0 bridgehead atoms. The fraction of sp³-hybridized carbons (Fsp3) is 0.438. The molecule has 0 saturated carbocycles. The zero-order chi connectivity index (χ0) is 19.2. The summed E-state index contributed by atoms with van der Waals surface area (Å²) in [5.74, 6) is 0.542. The number of carbonyl (C=O) groups excluding carboxylic acids is 1.